The zero-order valence-corrected chi connectivity index (χ0v) is 9.05. The van der Waals surface area contributed by atoms with Crippen LogP contribution in [-0.4, -0.2) is 42.4 Å². The van der Waals surface area contributed by atoms with E-state index in [1.807, 2.05) is 0 Å². The Morgan fingerprint density at radius 1 is 1.44 bits per heavy atom. The maximum absolute atomic E-state index is 12.0. The SMILES string of the molecule is CC(C(=O)O)C1CN(S(=O)(=O)C(F)(F)F)C1. The van der Waals surface area contributed by atoms with Crippen molar-refractivity contribution in [2.75, 3.05) is 13.1 Å². The van der Waals surface area contributed by atoms with Crippen molar-refractivity contribution in [2.45, 2.75) is 12.4 Å². The number of alkyl halides is 3. The first-order valence-corrected chi connectivity index (χ1v) is 5.80. The second kappa shape index (κ2) is 3.88. The van der Waals surface area contributed by atoms with Crippen molar-refractivity contribution >= 4 is 16.0 Å². The summed E-state index contributed by atoms with van der Waals surface area (Å²) < 4.78 is 58.0. The Labute approximate surface area is 89.9 Å². The van der Waals surface area contributed by atoms with E-state index in [0.29, 0.717) is 0 Å². The van der Waals surface area contributed by atoms with Gasteiger partial charge in [-0.1, -0.05) is 6.92 Å². The standard InChI is InChI=1S/C7H10F3NO4S/c1-4(6(12)13)5-2-11(3-5)16(14,15)7(8,9)10/h4-5H,2-3H2,1H3,(H,12,13). The molecule has 1 saturated heterocycles. The zero-order chi connectivity index (χ0) is 12.7. The molecule has 1 aliphatic rings. The summed E-state index contributed by atoms with van der Waals surface area (Å²) in [5.74, 6) is -2.55. The molecule has 0 saturated carbocycles. The van der Waals surface area contributed by atoms with Crippen molar-refractivity contribution in [3.8, 4) is 0 Å². The van der Waals surface area contributed by atoms with E-state index >= 15 is 0 Å². The number of carboxylic acids is 1. The van der Waals surface area contributed by atoms with Crippen LogP contribution in [-0.2, 0) is 14.8 Å². The van der Waals surface area contributed by atoms with Crippen LogP contribution in [0.3, 0.4) is 0 Å². The largest absolute Gasteiger partial charge is 0.511 e. The Kier molecular flexibility index (Phi) is 3.21. The third kappa shape index (κ3) is 2.14. The molecule has 0 aromatic rings. The number of halogens is 3. The lowest BCUT2D eigenvalue weighted by Crippen LogP contribution is -2.56. The number of nitrogens with zero attached hydrogens (tertiary/aromatic N) is 1. The summed E-state index contributed by atoms with van der Waals surface area (Å²) in [4.78, 5) is 10.5. The zero-order valence-electron chi connectivity index (χ0n) is 8.23. The first kappa shape index (κ1) is 13.2. The molecule has 0 spiro atoms. The number of aliphatic carboxylic acids is 1. The maximum atomic E-state index is 12.0. The Morgan fingerprint density at radius 3 is 2.19 bits per heavy atom. The van der Waals surface area contributed by atoms with Crippen LogP contribution in [0.1, 0.15) is 6.92 Å². The van der Waals surface area contributed by atoms with E-state index in [0.717, 1.165) is 0 Å². The Hall–Kier alpha value is -0.830. The van der Waals surface area contributed by atoms with E-state index in [2.05, 4.69) is 0 Å². The molecular weight excluding hydrogens is 251 g/mol. The quantitative estimate of drug-likeness (QED) is 0.802. The molecule has 0 bridgehead atoms. The molecule has 1 heterocycles. The summed E-state index contributed by atoms with van der Waals surface area (Å²) >= 11 is 0. The fourth-order valence-corrected chi connectivity index (χ4v) is 2.40. The fraction of sp³-hybridized carbons (Fsp3) is 0.857. The van der Waals surface area contributed by atoms with Gasteiger partial charge in [0.25, 0.3) is 0 Å². The van der Waals surface area contributed by atoms with Crippen molar-refractivity contribution in [3.63, 3.8) is 0 Å². The average Bonchev–Trinajstić information content (AvgIpc) is 1.97. The number of carbonyl (C=O) groups is 1. The molecule has 16 heavy (non-hydrogen) atoms. The summed E-state index contributed by atoms with van der Waals surface area (Å²) in [7, 11) is -5.29. The van der Waals surface area contributed by atoms with Crippen molar-refractivity contribution in [3.05, 3.63) is 0 Å². The summed E-state index contributed by atoms with van der Waals surface area (Å²) in [6.45, 7) is 0.551. The highest BCUT2D eigenvalue weighted by Gasteiger charge is 2.54. The monoisotopic (exact) mass is 261 g/mol. The van der Waals surface area contributed by atoms with Gasteiger partial charge in [-0.15, -0.1) is 0 Å². The molecule has 0 aromatic heterocycles. The molecule has 5 nitrogen and oxygen atoms in total. The van der Waals surface area contributed by atoms with Gasteiger partial charge in [0.05, 0.1) is 5.92 Å². The van der Waals surface area contributed by atoms with Gasteiger partial charge in [0.15, 0.2) is 0 Å². The maximum Gasteiger partial charge on any atom is 0.511 e. The van der Waals surface area contributed by atoms with Gasteiger partial charge in [-0.05, 0) is 5.92 Å². The van der Waals surface area contributed by atoms with E-state index in [1.54, 1.807) is 0 Å². The first-order chi connectivity index (χ1) is 7.07. The van der Waals surface area contributed by atoms with Crippen LogP contribution in [0.5, 0.6) is 0 Å². The number of carboxylic acid groups (broad SMARTS) is 1. The molecule has 0 radical (unpaired) electrons. The van der Waals surface area contributed by atoms with Crippen LogP contribution < -0.4 is 0 Å². The Bertz CT molecular complexity index is 385. The predicted octanol–water partition coefficient (Wildman–Crippen LogP) is 0.488. The average molecular weight is 261 g/mol. The van der Waals surface area contributed by atoms with Gasteiger partial charge in [-0.3, -0.25) is 4.79 Å². The van der Waals surface area contributed by atoms with Crippen LogP contribution in [0.2, 0.25) is 0 Å². The lowest BCUT2D eigenvalue weighted by Gasteiger charge is -2.39. The van der Waals surface area contributed by atoms with Gasteiger partial charge < -0.3 is 5.11 Å². The molecule has 0 aliphatic carbocycles. The van der Waals surface area contributed by atoms with E-state index in [1.165, 1.54) is 6.92 Å². The molecule has 1 aliphatic heterocycles. The minimum atomic E-state index is -5.32. The molecule has 1 N–H and O–H groups in total. The smallest absolute Gasteiger partial charge is 0.481 e. The van der Waals surface area contributed by atoms with Gasteiger partial charge in [-0.2, -0.15) is 17.5 Å². The summed E-state index contributed by atoms with van der Waals surface area (Å²) in [5.41, 5.74) is -5.32. The van der Waals surface area contributed by atoms with Gasteiger partial charge in [0, 0.05) is 13.1 Å². The Morgan fingerprint density at radius 2 is 1.88 bits per heavy atom. The minimum Gasteiger partial charge on any atom is -0.481 e. The predicted molar refractivity (Wildman–Crippen MR) is 46.8 cm³/mol. The molecule has 0 amide bonds. The Balaban J connectivity index is 2.64. The summed E-state index contributed by atoms with van der Waals surface area (Å²) in [5, 5.41) is 8.58. The van der Waals surface area contributed by atoms with Gasteiger partial charge in [0.2, 0.25) is 0 Å². The second-order valence-electron chi connectivity index (χ2n) is 3.65. The number of sulfonamides is 1. The van der Waals surface area contributed by atoms with Gasteiger partial charge in [-0.25, -0.2) is 8.42 Å². The molecule has 9 heteroatoms. The van der Waals surface area contributed by atoms with Gasteiger partial charge in [0.1, 0.15) is 0 Å². The minimum absolute atomic E-state index is 0.247. The topological polar surface area (TPSA) is 74.7 Å². The van der Waals surface area contributed by atoms with E-state index < -0.39 is 46.4 Å². The van der Waals surface area contributed by atoms with Crippen molar-refractivity contribution in [1.82, 2.24) is 4.31 Å². The molecular formula is C7H10F3NO4S. The molecule has 0 aromatic carbocycles. The van der Waals surface area contributed by atoms with E-state index in [4.69, 9.17) is 5.11 Å². The van der Waals surface area contributed by atoms with Gasteiger partial charge >= 0.3 is 21.5 Å². The molecule has 1 fully saturated rings. The molecule has 1 atom stereocenters. The van der Waals surface area contributed by atoms with E-state index in [9.17, 15) is 26.4 Å². The molecule has 94 valence electrons. The third-order valence-corrected chi connectivity index (χ3v) is 4.17. The normalized spacial score (nSPS) is 21.5. The van der Waals surface area contributed by atoms with Crippen LogP contribution in [0.15, 0.2) is 0 Å². The lowest BCUT2D eigenvalue weighted by atomic mass is 9.89. The van der Waals surface area contributed by atoms with Crippen LogP contribution in [0.25, 0.3) is 0 Å². The lowest BCUT2D eigenvalue weighted by molar-refractivity contribution is -0.144. The second-order valence-corrected chi connectivity index (χ2v) is 5.58. The summed E-state index contributed by atoms with van der Waals surface area (Å²) in [6, 6.07) is 0. The number of hydrogen-bond acceptors (Lipinski definition) is 3. The highest BCUT2D eigenvalue weighted by Crippen LogP contribution is 2.34. The highest BCUT2D eigenvalue weighted by atomic mass is 32.2. The van der Waals surface area contributed by atoms with Crippen LogP contribution in [0, 0.1) is 11.8 Å². The third-order valence-electron chi connectivity index (χ3n) is 2.61. The fourth-order valence-electron chi connectivity index (χ4n) is 1.33. The molecule has 1 rings (SSSR count). The molecule has 1 unspecified atom stereocenters. The number of hydrogen-bond donors (Lipinski definition) is 1. The summed E-state index contributed by atoms with van der Waals surface area (Å²) in [6.07, 6.45) is 0. The van der Waals surface area contributed by atoms with Crippen LogP contribution >= 0.6 is 0 Å². The van der Waals surface area contributed by atoms with E-state index in [-0.39, 0.29) is 4.31 Å². The number of rotatable bonds is 3. The van der Waals surface area contributed by atoms with Crippen molar-refractivity contribution in [2.24, 2.45) is 11.8 Å². The van der Waals surface area contributed by atoms with Crippen LogP contribution in [0.4, 0.5) is 13.2 Å². The highest BCUT2D eigenvalue weighted by molar-refractivity contribution is 7.90. The first-order valence-electron chi connectivity index (χ1n) is 4.36. The van der Waals surface area contributed by atoms with Crippen molar-refractivity contribution < 1.29 is 31.5 Å². The van der Waals surface area contributed by atoms with Crippen molar-refractivity contribution in [1.29, 1.82) is 0 Å².